The molecule has 0 aromatic rings. The van der Waals surface area contributed by atoms with Crippen LogP contribution < -0.4 is 0 Å². The summed E-state index contributed by atoms with van der Waals surface area (Å²) in [7, 11) is 4.14. The molecule has 1 heterocycles. The van der Waals surface area contributed by atoms with Crippen LogP contribution in [0.25, 0.3) is 0 Å². The minimum absolute atomic E-state index is 0.407. The molecule has 1 saturated heterocycles. The van der Waals surface area contributed by atoms with E-state index < -0.39 is 0 Å². The van der Waals surface area contributed by atoms with Crippen molar-refractivity contribution in [2.45, 2.75) is 5.37 Å². The second-order valence-corrected chi connectivity index (χ2v) is 3.75. The zero-order valence-corrected chi connectivity index (χ0v) is 7.21. The Morgan fingerprint density at radius 3 is 2.56 bits per heavy atom. The quantitative estimate of drug-likeness (QED) is 0.415. The zero-order chi connectivity index (χ0) is 6.85. The van der Waals surface area contributed by atoms with Gasteiger partial charge >= 0.3 is 0 Å². The van der Waals surface area contributed by atoms with E-state index in [0.29, 0.717) is 5.37 Å². The molecule has 1 unspecified atom stereocenters. The fourth-order valence-corrected chi connectivity index (χ4v) is 2.07. The van der Waals surface area contributed by atoms with E-state index in [-0.39, 0.29) is 0 Å². The van der Waals surface area contributed by atoms with Crippen molar-refractivity contribution < 1.29 is 0 Å². The van der Waals surface area contributed by atoms with Crippen LogP contribution in [0.15, 0.2) is 0 Å². The monoisotopic (exact) mass is 162 g/mol. The molecule has 1 aliphatic rings. The van der Waals surface area contributed by atoms with Gasteiger partial charge in [0.2, 0.25) is 0 Å². The van der Waals surface area contributed by atoms with E-state index in [2.05, 4.69) is 23.3 Å². The number of nitrogens with zero attached hydrogens (tertiary/aromatic N) is 2. The van der Waals surface area contributed by atoms with E-state index >= 15 is 0 Å². The van der Waals surface area contributed by atoms with Gasteiger partial charge in [-0.3, -0.25) is 4.90 Å². The molecule has 9 heavy (non-hydrogen) atoms. The molecule has 0 aromatic carbocycles. The summed E-state index contributed by atoms with van der Waals surface area (Å²) in [5.74, 6) is 0. The van der Waals surface area contributed by atoms with E-state index in [1.54, 1.807) is 17.3 Å². The van der Waals surface area contributed by atoms with Crippen molar-refractivity contribution in [1.29, 1.82) is 0 Å². The lowest BCUT2D eigenvalue weighted by Crippen LogP contribution is -2.24. The van der Waals surface area contributed by atoms with E-state index in [0.717, 1.165) is 6.67 Å². The molecule has 1 atom stereocenters. The maximum atomic E-state index is 4.83. The Kier molecular flexibility index (Phi) is 2.46. The minimum atomic E-state index is 0.407. The SMILES string of the molecule is CN1CN(C)C(C=S)S1. The van der Waals surface area contributed by atoms with Gasteiger partial charge in [0.1, 0.15) is 5.37 Å². The highest BCUT2D eigenvalue weighted by atomic mass is 32.2. The number of hydrogen-bond donors (Lipinski definition) is 0. The standard InChI is InChI=1S/C5H10N2S2/c1-6-4-7(2)9-5(6)3-8/h3,5H,4H2,1-2H3. The molecule has 0 N–H and O–H groups in total. The molecule has 2 nitrogen and oxygen atoms in total. The second kappa shape index (κ2) is 2.96. The van der Waals surface area contributed by atoms with Gasteiger partial charge in [0.05, 0.1) is 6.67 Å². The lowest BCUT2D eigenvalue weighted by atomic mass is 10.6. The van der Waals surface area contributed by atoms with Crippen molar-refractivity contribution in [1.82, 2.24) is 9.21 Å². The average molecular weight is 162 g/mol. The van der Waals surface area contributed by atoms with Crippen LogP contribution in [0.5, 0.6) is 0 Å². The van der Waals surface area contributed by atoms with Crippen LogP contribution >= 0.6 is 24.2 Å². The Morgan fingerprint density at radius 2 is 2.33 bits per heavy atom. The summed E-state index contributed by atoms with van der Waals surface area (Å²) in [6.45, 7) is 1.00. The predicted molar refractivity (Wildman–Crippen MR) is 45.4 cm³/mol. The van der Waals surface area contributed by atoms with Gasteiger partial charge in [-0.2, -0.15) is 0 Å². The van der Waals surface area contributed by atoms with Gasteiger partial charge in [0.25, 0.3) is 0 Å². The number of rotatable bonds is 1. The minimum Gasteiger partial charge on any atom is -0.276 e. The molecule has 0 aliphatic carbocycles. The molecule has 1 rings (SSSR count). The molecule has 0 radical (unpaired) electrons. The third-order valence-corrected chi connectivity index (χ3v) is 2.88. The fraction of sp³-hybridized carbons (Fsp3) is 0.800. The van der Waals surface area contributed by atoms with Crippen LogP contribution in [-0.2, 0) is 0 Å². The topological polar surface area (TPSA) is 6.48 Å². The van der Waals surface area contributed by atoms with E-state index in [9.17, 15) is 0 Å². The van der Waals surface area contributed by atoms with Gasteiger partial charge in [-0.15, -0.1) is 0 Å². The number of hydrogen-bond acceptors (Lipinski definition) is 4. The van der Waals surface area contributed by atoms with Crippen LogP contribution in [0.3, 0.4) is 0 Å². The predicted octanol–water partition coefficient (Wildman–Crippen LogP) is 0.795. The largest absolute Gasteiger partial charge is 0.276 e. The van der Waals surface area contributed by atoms with Gasteiger partial charge in [0, 0.05) is 5.37 Å². The van der Waals surface area contributed by atoms with Gasteiger partial charge in [-0.05, 0) is 14.1 Å². The summed E-state index contributed by atoms with van der Waals surface area (Å²) in [6, 6.07) is 0. The van der Waals surface area contributed by atoms with Gasteiger partial charge in [0.15, 0.2) is 0 Å². The molecule has 0 saturated carbocycles. The zero-order valence-electron chi connectivity index (χ0n) is 5.57. The lowest BCUT2D eigenvalue weighted by molar-refractivity contribution is 0.319. The third kappa shape index (κ3) is 1.64. The highest BCUT2D eigenvalue weighted by Crippen LogP contribution is 2.23. The molecular weight excluding hydrogens is 152 g/mol. The Balaban J connectivity index is 2.47. The maximum absolute atomic E-state index is 4.83. The molecule has 0 amide bonds. The first kappa shape index (κ1) is 7.47. The van der Waals surface area contributed by atoms with Crippen LogP contribution in [0.4, 0.5) is 0 Å². The molecule has 0 aromatic heterocycles. The normalized spacial score (nSPS) is 31.1. The highest BCUT2D eigenvalue weighted by molar-refractivity contribution is 7.99. The summed E-state index contributed by atoms with van der Waals surface area (Å²) >= 11 is 6.60. The molecular formula is C5H10N2S2. The van der Waals surface area contributed by atoms with Crippen molar-refractivity contribution in [2.75, 3.05) is 20.8 Å². The fourth-order valence-electron chi connectivity index (χ4n) is 0.822. The van der Waals surface area contributed by atoms with Crippen LogP contribution in [0, 0.1) is 0 Å². The van der Waals surface area contributed by atoms with E-state index in [1.165, 1.54) is 0 Å². The van der Waals surface area contributed by atoms with Gasteiger partial charge in [-0.25, -0.2) is 4.31 Å². The van der Waals surface area contributed by atoms with E-state index in [4.69, 9.17) is 12.2 Å². The smallest absolute Gasteiger partial charge is 0.100 e. The van der Waals surface area contributed by atoms with Crippen molar-refractivity contribution in [3.8, 4) is 0 Å². The molecule has 1 fully saturated rings. The Bertz CT molecular complexity index is 118. The first-order valence-corrected chi connectivity index (χ1v) is 4.08. The molecule has 1 aliphatic heterocycles. The summed E-state index contributed by atoms with van der Waals surface area (Å²) in [6.07, 6.45) is 0. The molecule has 0 spiro atoms. The summed E-state index contributed by atoms with van der Waals surface area (Å²) in [5.41, 5.74) is 0. The first-order valence-electron chi connectivity index (χ1n) is 2.77. The summed E-state index contributed by atoms with van der Waals surface area (Å²) in [5, 5.41) is 2.21. The summed E-state index contributed by atoms with van der Waals surface area (Å²) in [4.78, 5) is 2.21. The van der Waals surface area contributed by atoms with Crippen molar-refractivity contribution in [2.24, 2.45) is 0 Å². The molecule has 52 valence electrons. The van der Waals surface area contributed by atoms with Crippen molar-refractivity contribution >= 4 is 29.5 Å². The third-order valence-electron chi connectivity index (χ3n) is 1.26. The van der Waals surface area contributed by atoms with Crippen LogP contribution in [0.2, 0.25) is 0 Å². The van der Waals surface area contributed by atoms with Crippen molar-refractivity contribution in [3.63, 3.8) is 0 Å². The molecule has 0 bridgehead atoms. The van der Waals surface area contributed by atoms with Crippen LogP contribution in [-0.4, -0.2) is 40.7 Å². The van der Waals surface area contributed by atoms with E-state index in [1.807, 2.05) is 0 Å². The van der Waals surface area contributed by atoms with Crippen LogP contribution in [0.1, 0.15) is 0 Å². The first-order chi connectivity index (χ1) is 4.24. The maximum Gasteiger partial charge on any atom is 0.100 e. The Labute approximate surface area is 65.3 Å². The second-order valence-electron chi connectivity index (χ2n) is 2.16. The lowest BCUT2D eigenvalue weighted by Gasteiger charge is -2.09. The van der Waals surface area contributed by atoms with Gasteiger partial charge < -0.3 is 0 Å². The molecule has 4 heteroatoms. The van der Waals surface area contributed by atoms with Gasteiger partial charge in [-0.1, -0.05) is 24.2 Å². The number of thiocarbonyl (C=S) groups is 1. The van der Waals surface area contributed by atoms with Crippen molar-refractivity contribution in [3.05, 3.63) is 0 Å². The highest BCUT2D eigenvalue weighted by Gasteiger charge is 2.23. The Hall–Kier alpha value is 0.360. The summed E-state index contributed by atoms with van der Waals surface area (Å²) < 4.78 is 2.17. The Morgan fingerprint density at radius 1 is 1.67 bits per heavy atom. The average Bonchev–Trinajstić information content (AvgIpc) is 2.10.